The summed E-state index contributed by atoms with van der Waals surface area (Å²) in [6, 6.07) is 7.81. The number of methoxy groups -OCH3 is 1. The Bertz CT molecular complexity index is 860. The molecule has 0 aliphatic heterocycles. The van der Waals surface area contributed by atoms with Gasteiger partial charge in [0.2, 0.25) is 16.9 Å². The van der Waals surface area contributed by atoms with Gasteiger partial charge in [0.05, 0.1) is 7.11 Å². The number of rotatable bonds is 9. The maximum absolute atomic E-state index is 12.8. The number of carbonyl (C=O) groups is 2. The zero-order valence-corrected chi connectivity index (χ0v) is 19.4. The maximum atomic E-state index is 12.8. The Hall–Kier alpha value is -2.48. The molecule has 0 radical (unpaired) electrons. The molecule has 0 atom stereocenters. The molecule has 168 valence electrons. The van der Waals surface area contributed by atoms with E-state index in [9.17, 15) is 9.59 Å². The zero-order valence-electron chi connectivity index (χ0n) is 18.6. The molecule has 1 fully saturated rings. The molecule has 7 nitrogen and oxygen atoms in total. The van der Waals surface area contributed by atoms with Gasteiger partial charge in [-0.15, -0.1) is 10.2 Å². The van der Waals surface area contributed by atoms with Crippen molar-refractivity contribution in [3.63, 3.8) is 0 Å². The van der Waals surface area contributed by atoms with Crippen molar-refractivity contribution < 1.29 is 14.3 Å². The van der Waals surface area contributed by atoms with Gasteiger partial charge in [0, 0.05) is 31.0 Å². The molecule has 1 aliphatic carbocycles. The van der Waals surface area contributed by atoms with Crippen molar-refractivity contribution in [2.45, 2.75) is 64.8 Å². The molecule has 2 aromatic rings. The molecule has 31 heavy (non-hydrogen) atoms. The number of aromatic nitrogens is 2. The number of ether oxygens (including phenoxy) is 1. The fraction of sp³-hybridized carbons (Fsp3) is 0.565. The summed E-state index contributed by atoms with van der Waals surface area (Å²) in [4.78, 5) is 27.3. The van der Waals surface area contributed by atoms with E-state index in [0.29, 0.717) is 24.0 Å². The van der Waals surface area contributed by atoms with E-state index in [0.717, 1.165) is 42.0 Å². The van der Waals surface area contributed by atoms with Gasteiger partial charge >= 0.3 is 0 Å². The first-order chi connectivity index (χ1) is 15.0. The second kappa shape index (κ2) is 11.2. The minimum Gasteiger partial charge on any atom is -0.497 e. The first-order valence-electron chi connectivity index (χ1n) is 11.0. The summed E-state index contributed by atoms with van der Waals surface area (Å²) in [5.74, 6) is 1.10. The Kier molecular flexibility index (Phi) is 8.40. The van der Waals surface area contributed by atoms with Gasteiger partial charge in [-0.3, -0.25) is 9.59 Å². The summed E-state index contributed by atoms with van der Waals surface area (Å²) in [5.41, 5.74) is 0.918. The van der Waals surface area contributed by atoms with Gasteiger partial charge in [-0.05, 0) is 43.0 Å². The molecule has 0 bridgehead atoms. The molecule has 1 N–H and O–H groups in total. The number of hydrogen-bond acceptors (Lipinski definition) is 6. The van der Waals surface area contributed by atoms with Crippen LogP contribution in [-0.4, -0.2) is 46.6 Å². The highest BCUT2D eigenvalue weighted by molar-refractivity contribution is 7.18. The monoisotopic (exact) mass is 444 g/mol. The molecule has 1 aromatic heterocycles. The molecule has 2 amide bonds. The highest BCUT2D eigenvalue weighted by atomic mass is 32.1. The third-order valence-corrected chi connectivity index (χ3v) is 6.39. The standard InChI is InChI=1S/C23H32N4O3S/c1-16(2)15-21(29)27(18-7-5-4-6-8-18)14-13-20(28)24-23-26-25-22(31-23)17-9-11-19(30-3)12-10-17/h9-12,16,18H,4-8,13-15H2,1-3H3,(H,24,26,28). The highest BCUT2D eigenvalue weighted by Gasteiger charge is 2.26. The quantitative estimate of drug-likeness (QED) is 0.603. The van der Waals surface area contributed by atoms with Gasteiger partial charge in [0.15, 0.2) is 0 Å². The first-order valence-corrected chi connectivity index (χ1v) is 11.8. The third-order valence-electron chi connectivity index (χ3n) is 5.51. The number of anilines is 1. The van der Waals surface area contributed by atoms with Crippen molar-refractivity contribution >= 4 is 28.3 Å². The lowest BCUT2D eigenvalue weighted by Gasteiger charge is -2.35. The fourth-order valence-corrected chi connectivity index (χ4v) is 4.66. The van der Waals surface area contributed by atoms with Crippen LogP contribution in [0.1, 0.15) is 58.8 Å². The van der Waals surface area contributed by atoms with Crippen LogP contribution in [-0.2, 0) is 9.59 Å². The van der Waals surface area contributed by atoms with Crippen LogP contribution >= 0.6 is 11.3 Å². The lowest BCUT2D eigenvalue weighted by atomic mass is 9.93. The molecule has 1 heterocycles. The second-order valence-corrected chi connectivity index (χ2v) is 9.39. The van der Waals surface area contributed by atoms with Crippen LogP contribution in [0.3, 0.4) is 0 Å². The Morgan fingerprint density at radius 1 is 1.16 bits per heavy atom. The molecule has 0 saturated heterocycles. The summed E-state index contributed by atoms with van der Waals surface area (Å²) >= 11 is 1.33. The van der Waals surface area contributed by atoms with E-state index in [2.05, 4.69) is 29.4 Å². The van der Waals surface area contributed by atoms with Gasteiger partial charge < -0.3 is 15.0 Å². The van der Waals surface area contributed by atoms with E-state index in [-0.39, 0.29) is 24.3 Å². The van der Waals surface area contributed by atoms with Crippen molar-refractivity contribution in [2.75, 3.05) is 19.0 Å². The van der Waals surface area contributed by atoms with Crippen LogP contribution in [0.2, 0.25) is 0 Å². The van der Waals surface area contributed by atoms with Crippen LogP contribution in [0, 0.1) is 5.92 Å². The number of carbonyl (C=O) groups excluding carboxylic acids is 2. The van der Waals surface area contributed by atoms with E-state index in [1.807, 2.05) is 29.2 Å². The fourth-order valence-electron chi connectivity index (χ4n) is 3.90. The molecule has 1 saturated carbocycles. The van der Waals surface area contributed by atoms with Crippen molar-refractivity contribution in [1.29, 1.82) is 0 Å². The first kappa shape index (κ1) is 23.2. The SMILES string of the molecule is COc1ccc(-c2nnc(NC(=O)CCN(C(=O)CC(C)C)C3CCCCC3)s2)cc1. The van der Waals surface area contributed by atoms with Gasteiger partial charge in [-0.1, -0.05) is 44.4 Å². The third kappa shape index (κ3) is 6.75. The number of benzene rings is 1. The van der Waals surface area contributed by atoms with E-state index in [1.165, 1.54) is 17.8 Å². The number of hydrogen-bond donors (Lipinski definition) is 1. The lowest BCUT2D eigenvalue weighted by Crippen LogP contribution is -2.43. The summed E-state index contributed by atoms with van der Waals surface area (Å²) in [5, 5.41) is 12.3. The van der Waals surface area contributed by atoms with Crippen LogP contribution in [0.5, 0.6) is 5.75 Å². The largest absolute Gasteiger partial charge is 0.497 e. The van der Waals surface area contributed by atoms with Crippen LogP contribution in [0.25, 0.3) is 10.6 Å². The minimum atomic E-state index is -0.143. The van der Waals surface area contributed by atoms with Crippen LogP contribution in [0.15, 0.2) is 24.3 Å². The van der Waals surface area contributed by atoms with E-state index < -0.39 is 0 Å². The lowest BCUT2D eigenvalue weighted by molar-refractivity contribution is -0.135. The number of nitrogens with one attached hydrogen (secondary N) is 1. The molecular formula is C23H32N4O3S. The molecule has 3 rings (SSSR count). The molecule has 0 spiro atoms. The maximum Gasteiger partial charge on any atom is 0.227 e. The van der Waals surface area contributed by atoms with E-state index in [1.54, 1.807) is 7.11 Å². The van der Waals surface area contributed by atoms with Crippen molar-refractivity contribution in [2.24, 2.45) is 5.92 Å². The van der Waals surface area contributed by atoms with Crippen molar-refractivity contribution in [1.82, 2.24) is 15.1 Å². The van der Waals surface area contributed by atoms with Gasteiger partial charge in [0.25, 0.3) is 0 Å². The summed E-state index contributed by atoms with van der Waals surface area (Å²) < 4.78 is 5.17. The van der Waals surface area contributed by atoms with Crippen molar-refractivity contribution in [3.05, 3.63) is 24.3 Å². The topological polar surface area (TPSA) is 84.4 Å². The van der Waals surface area contributed by atoms with Gasteiger partial charge in [0.1, 0.15) is 10.8 Å². The number of amides is 2. The molecule has 1 aromatic carbocycles. The molecule has 0 unspecified atom stereocenters. The van der Waals surface area contributed by atoms with Gasteiger partial charge in [-0.2, -0.15) is 0 Å². The Labute approximate surface area is 188 Å². The normalized spacial score (nSPS) is 14.5. The average Bonchev–Trinajstić information content (AvgIpc) is 3.22. The van der Waals surface area contributed by atoms with E-state index in [4.69, 9.17) is 4.74 Å². The highest BCUT2D eigenvalue weighted by Crippen LogP contribution is 2.28. The predicted molar refractivity (Wildman–Crippen MR) is 123 cm³/mol. The average molecular weight is 445 g/mol. The summed E-state index contributed by atoms with van der Waals surface area (Å²) in [7, 11) is 1.62. The smallest absolute Gasteiger partial charge is 0.227 e. The number of nitrogens with zero attached hydrogens (tertiary/aromatic N) is 3. The second-order valence-electron chi connectivity index (χ2n) is 8.42. The Morgan fingerprint density at radius 3 is 2.52 bits per heavy atom. The van der Waals surface area contributed by atoms with Crippen molar-refractivity contribution in [3.8, 4) is 16.3 Å². The van der Waals surface area contributed by atoms with Crippen LogP contribution < -0.4 is 10.1 Å². The van der Waals surface area contributed by atoms with Gasteiger partial charge in [-0.25, -0.2) is 0 Å². The molecule has 1 aliphatic rings. The summed E-state index contributed by atoms with van der Waals surface area (Å²) in [6.45, 7) is 4.56. The molecular weight excluding hydrogens is 412 g/mol. The Morgan fingerprint density at radius 2 is 1.87 bits per heavy atom. The zero-order chi connectivity index (χ0) is 22.2. The predicted octanol–water partition coefficient (Wildman–Crippen LogP) is 4.75. The Balaban J connectivity index is 1.57. The van der Waals surface area contributed by atoms with Crippen LogP contribution in [0.4, 0.5) is 5.13 Å². The summed E-state index contributed by atoms with van der Waals surface area (Å²) in [6.07, 6.45) is 6.40. The minimum absolute atomic E-state index is 0.143. The molecule has 8 heteroatoms. The van der Waals surface area contributed by atoms with E-state index >= 15 is 0 Å².